The van der Waals surface area contributed by atoms with Gasteiger partial charge in [-0.25, -0.2) is 17.8 Å². The fourth-order valence-corrected chi connectivity index (χ4v) is 7.13. The molecular formula is C25H29FN2O2S2. The highest BCUT2D eigenvalue weighted by atomic mass is 32.2. The van der Waals surface area contributed by atoms with Gasteiger partial charge < -0.3 is 4.90 Å². The second-order valence-electron chi connectivity index (χ2n) is 8.51. The van der Waals surface area contributed by atoms with Gasteiger partial charge in [0.05, 0.1) is 15.8 Å². The molecule has 1 aliphatic heterocycles. The third-order valence-electron chi connectivity index (χ3n) is 6.09. The summed E-state index contributed by atoms with van der Waals surface area (Å²) in [5.41, 5.74) is 4.25. The molecule has 0 spiro atoms. The molecule has 0 amide bonds. The minimum atomic E-state index is -3.55. The lowest BCUT2D eigenvalue weighted by Crippen LogP contribution is -2.39. The van der Waals surface area contributed by atoms with Crippen molar-refractivity contribution in [3.8, 4) is 0 Å². The molecule has 1 fully saturated rings. The normalized spacial score (nSPS) is 15.3. The Hall–Kier alpha value is -2.25. The monoisotopic (exact) mass is 472 g/mol. The van der Waals surface area contributed by atoms with Crippen molar-refractivity contribution in [2.45, 2.75) is 56.1 Å². The Bertz CT molecular complexity index is 1160. The molecule has 2 heterocycles. The fraction of sp³-hybridized carbons (Fsp3) is 0.400. The Balaban J connectivity index is 1.38. The maximum atomic E-state index is 13.7. The van der Waals surface area contributed by atoms with Crippen molar-refractivity contribution < 1.29 is 12.8 Å². The zero-order chi connectivity index (χ0) is 22.7. The van der Waals surface area contributed by atoms with E-state index in [-0.39, 0.29) is 4.90 Å². The average Bonchev–Trinajstić information content (AvgIpc) is 3.25. The summed E-state index contributed by atoms with van der Waals surface area (Å²) >= 11 is 1.61. The summed E-state index contributed by atoms with van der Waals surface area (Å²) in [6.45, 7) is 5.18. The standard InChI is InChI=1S/C25H29FN2O2S2/c1-3-4-19-6-8-20(9-7-19)15-22-17-31-25(27-22)28-13-11-23(12-14-28)32(29,30)24-16-21(26)10-5-18(24)2/h5-10,16-17,23H,3-4,11-15H2,1-2H3. The Morgan fingerprint density at radius 3 is 2.47 bits per heavy atom. The molecule has 32 heavy (non-hydrogen) atoms. The van der Waals surface area contributed by atoms with Crippen LogP contribution in [-0.4, -0.2) is 31.7 Å². The number of aromatic nitrogens is 1. The summed E-state index contributed by atoms with van der Waals surface area (Å²) in [5.74, 6) is -0.512. The maximum Gasteiger partial charge on any atom is 0.185 e. The van der Waals surface area contributed by atoms with Gasteiger partial charge in [-0.05, 0) is 55.0 Å². The molecular weight excluding hydrogens is 443 g/mol. The zero-order valence-corrected chi connectivity index (χ0v) is 20.2. The van der Waals surface area contributed by atoms with E-state index < -0.39 is 20.9 Å². The maximum absolute atomic E-state index is 13.7. The Labute approximate surface area is 194 Å². The molecule has 170 valence electrons. The van der Waals surface area contributed by atoms with Gasteiger partial charge in [-0.3, -0.25) is 0 Å². The highest BCUT2D eigenvalue weighted by Gasteiger charge is 2.33. The number of hydrogen-bond donors (Lipinski definition) is 0. The molecule has 1 saturated heterocycles. The number of aryl methyl sites for hydroxylation is 2. The predicted octanol–water partition coefficient (Wildman–Crippen LogP) is 5.58. The summed E-state index contributed by atoms with van der Waals surface area (Å²) in [6, 6.07) is 12.7. The molecule has 0 saturated carbocycles. The van der Waals surface area contributed by atoms with Crippen LogP contribution < -0.4 is 4.90 Å². The summed E-state index contributed by atoms with van der Waals surface area (Å²) < 4.78 is 39.8. The van der Waals surface area contributed by atoms with Crippen LogP contribution in [0.15, 0.2) is 52.7 Å². The van der Waals surface area contributed by atoms with Crippen LogP contribution in [0.3, 0.4) is 0 Å². The van der Waals surface area contributed by atoms with Gasteiger partial charge >= 0.3 is 0 Å². The van der Waals surface area contributed by atoms with E-state index in [1.54, 1.807) is 18.3 Å². The van der Waals surface area contributed by atoms with Gasteiger partial charge in [0, 0.05) is 24.9 Å². The molecule has 0 radical (unpaired) electrons. The second kappa shape index (κ2) is 9.71. The quantitative estimate of drug-likeness (QED) is 0.451. The van der Waals surface area contributed by atoms with E-state index in [4.69, 9.17) is 4.98 Å². The fourth-order valence-electron chi connectivity index (χ4n) is 4.26. The third-order valence-corrected chi connectivity index (χ3v) is 9.45. The van der Waals surface area contributed by atoms with Crippen LogP contribution in [0.25, 0.3) is 0 Å². The van der Waals surface area contributed by atoms with Crippen LogP contribution >= 0.6 is 11.3 Å². The highest BCUT2D eigenvalue weighted by molar-refractivity contribution is 7.92. The Morgan fingerprint density at radius 2 is 1.78 bits per heavy atom. The zero-order valence-electron chi connectivity index (χ0n) is 18.6. The number of sulfone groups is 1. The summed E-state index contributed by atoms with van der Waals surface area (Å²) in [4.78, 5) is 7.10. The van der Waals surface area contributed by atoms with Crippen LogP contribution in [0, 0.1) is 12.7 Å². The molecule has 0 N–H and O–H groups in total. The average molecular weight is 473 g/mol. The van der Waals surface area contributed by atoms with Crippen molar-refractivity contribution in [3.05, 3.63) is 76.0 Å². The number of piperidine rings is 1. The summed E-state index contributed by atoms with van der Waals surface area (Å²) in [7, 11) is -3.55. The topological polar surface area (TPSA) is 50.3 Å². The van der Waals surface area contributed by atoms with Crippen LogP contribution in [0.2, 0.25) is 0 Å². The predicted molar refractivity (Wildman–Crippen MR) is 129 cm³/mol. The second-order valence-corrected chi connectivity index (χ2v) is 11.5. The minimum absolute atomic E-state index is 0.123. The molecule has 0 bridgehead atoms. The molecule has 3 aromatic rings. The van der Waals surface area contributed by atoms with Gasteiger partial charge in [0.25, 0.3) is 0 Å². The van der Waals surface area contributed by atoms with Crippen molar-refractivity contribution in [2.75, 3.05) is 18.0 Å². The van der Waals surface area contributed by atoms with Crippen molar-refractivity contribution in [3.63, 3.8) is 0 Å². The van der Waals surface area contributed by atoms with Crippen molar-refractivity contribution >= 4 is 26.3 Å². The van der Waals surface area contributed by atoms with Crippen LogP contribution in [0.1, 0.15) is 48.6 Å². The van der Waals surface area contributed by atoms with Crippen molar-refractivity contribution in [1.29, 1.82) is 0 Å². The molecule has 4 rings (SSSR count). The first-order chi connectivity index (χ1) is 15.4. The number of hydrogen-bond acceptors (Lipinski definition) is 5. The van der Waals surface area contributed by atoms with Gasteiger partial charge in [-0.2, -0.15) is 0 Å². The third kappa shape index (κ3) is 5.04. The number of halogens is 1. The molecule has 7 heteroatoms. The van der Waals surface area contributed by atoms with Gasteiger partial charge in [0.15, 0.2) is 15.0 Å². The van der Waals surface area contributed by atoms with Gasteiger partial charge in [-0.1, -0.05) is 43.7 Å². The first-order valence-corrected chi connectivity index (χ1v) is 13.6. The lowest BCUT2D eigenvalue weighted by Gasteiger charge is -2.31. The SMILES string of the molecule is CCCc1ccc(Cc2csc(N3CCC(S(=O)(=O)c4cc(F)ccc4C)CC3)n2)cc1. The molecule has 2 aromatic carbocycles. The van der Waals surface area contributed by atoms with Crippen molar-refractivity contribution in [1.82, 2.24) is 4.98 Å². The van der Waals surface area contributed by atoms with Crippen LogP contribution in [0.5, 0.6) is 0 Å². The number of nitrogens with zero attached hydrogens (tertiary/aromatic N) is 2. The van der Waals surface area contributed by atoms with Gasteiger partial charge in [0.2, 0.25) is 0 Å². The van der Waals surface area contributed by atoms with E-state index in [9.17, 15) is 12.8 Å². The number of anilines is 1. The molecule has 0 unspecified atom stereocenters. The molecule has 0 aliphatic carbocycles. The highest BCUT2D eigenvalue weighted by Crippen LogP contribution is 2.31. The first-order valence-electron chi connectivity index (χ1n) is 11.1. The van der Waals surface area contributed by atoms with Crippen LogP contribution in [0.4, 0.5) is 9.52 Å². The Kier molecular flexibility index (Phi) is 6.96. The summed E-state index contributed by atoms with van der Waals surface area (Å²) in [6.07, 6.45) is 4.09. The molecule has 1 aromatic heterocycles. The molecule has 4 nitrogen and oxygen atoms in total. The summed E-state index contributed by atoms with van der Waals surface area (Å²) in [5, 5.41) is 2.55. The number of benzene rings is 2. The van der Waals surface area contributed by atoms with E-state index in [1.165, 1.54) is 23.3 Å². The number of rotatable bonds is 7. The van der Waals surface area contributed by atoms with E-state index >= 15 is 0 Å². The van der Waals surface area contributed by atoms with E-state index in [1.807, 2.05) is 0 Å². The van der Waals surface area contributed by atoms with E-state index in [0.717, 1.165) is 36.2 Å². The van der Waals surface area contributed by atoms with E-state index in [2.05, 4.69) is 41.5 Å². The van der Waals surface area contributed by atoms with Crippen LogP contribution in [-0.2, 0) is 22.7 Å². The van der Waals surface area contributed by atoms with Gasteiger partial charge in [0.1, 0.15) is 5.82 Å². The lowest BCUT2D eigenvalue weighted by molar-refractivity contribution is 0.527. The minimum Gasteiger partial charge on any atom is -0.348 e. The largest absolute Gasteiger partial charge is 0.348 e. The Morgan fingerprint density at radius 1 is 1.09 bits per heavy atom. The number of thiazole rings is 1. The van der Waals surface area contributed by atoms with Gasteiger partial charge in [-0.15, -0.1) is 11.3 Å². The molecule has 0 atom stereocenters. The van der Waals surface area contributed by atoms with Crippen molar-refractivity contribution in [2.24, 2.45) is 0 Å². The molecule has 1 aliphatic rings. The smallest absolute Gasteiger partial charge is 0.185 e. The lowest BCUT2D eigenvalue weighted by atomic mass is 10.1. The first kappa shape index (κ1) is 22.9. The van der Waals surface area contributed by atoms with E-state index in [0.29, 0.717) is 31.5 Å².